The number of nitrogens with zero attached hydrogens (tertiary/aromatic N) is 2. The molecular formula is C16H20N2O. The number of rotatable bonds is 1. The predicted octanol–water partition coefficient (Wildman–Crippen LogP) is 2.98. The van der Waals surface area contributed by atoms with Crippen molar-refractivity contribution in [3.63, 3.8) is 0 Å². The molecule has 0 radical (unpaired) electrons. The Kier molecular flexibility index (Phi) is 3.15. The number of hydrogen-bond acceptors (Lipinski definition) is 3. The maximum atomic E-state index is 10.1. The van der Waals surface area contributed by atoms with E-state index in [0.29, 0.717) is 0 Å². The summed E-state index contributed by atoms with van der Waals surface area (Å²) in [5.74, 6) is 1.02. The summed E-state index contributed by atoms with van der Waals surface area (Å²) in [6.07, 6.45) is 2.69. The molecule has 1 atom stereocenters. The topological polar surface area (TPSA) is 36.4 Å². The van der Waals surface area contributed by atoms with Crippen molar-refractivity contribution in [1.29, 1.82) is 0 Å². The van der Waals surface area contributed by atoms with Gasteiger partial charge in [-0.25, -0.2) is 4.98 Å². The molecule has 1 N–H and O–H groups in total. The molecule has 3 heteroatoms. The van der Waals surface area contributed by atoms with Gasteiger partial charge < -0.3 is 10.0 Å². The quantitative estimate of drug-likeness (QED) is 0.852. The van der Waals surface area contributed by atoms with E-state index in [2.05, 4.69) is 23.1 Å². The molecule has 1 aromatic carbocycles. The monoisotopic (exact) mass is 256 g/mol. The van der Waals surface area contributed by atoms with Crippen LogP contribution in [0.2, 0.25) is 0 Å². The fourth-order valence-electron chi connectivity index (χ4n) is 2.72. The Hall–Kier alpha value is -1.61. The van der Waals surface area contributed by atoms with Crippen molar-refractivity contribution in [3.05, 3.63) is 36.4 Å². The first-order chi connectivity index (χ1) is 9.14. The molecule has 3 rings (SSSR count). The first-order valence-electron chi connectivity index (χ1n) is 6.97. The van der Waals surface area contributed by atoms with Gasteiger partial charge in [-0.15, -0.1) is 0 Å². The Morgan fingerprint density at radius 3 is 2.84 bits per heavy atom. The number of para-hydroxylation sites is 1. The van der Waals surface area contributed by atoms with Crippen LogP contribution in [0, 0.1) is 0 Å². The van der Waals surface area contributed by atoms with Crippen LogP contribution in [0.5, 0.6) is 0 Å². The number of pyridine rings is 1. The van der Waals surface area contributed by atoms with Crippen LogP contribution in [-0.4, -0.2) is 28.8 Å². The van der Waals surface area contributed by atoms with Crippen LogP contribution in [0.4, 0.5) is 5.82 Å². The average molecular weight is 256 g/mol. The van der Waals surface area contributed by atoms with E-state index in [0.717, 1.165) is 43.7 Å². The van der Waals surface area contributed by atoms with Crippen LogP contribution < -0.4 is 4.90 Å². The molecule has 19 heavy (non-hydrogen) atoms. The lowest BCUT2D eigenvalue weighted by Gasteiger charge is -2.23. The summed E-state index contributed by atoms with van der Waals surface area (Å²) in [5, 5.41) is 11.3. The smallest absolute Gasteiger partial charge is 0.129 e. The molecule has 0 aliphatic carbocycles. The van der Waals surface area contributed by atoms with E-state index < -0.39 is 5.60 Å². The van der Waals surface area contributed by atoms with Gasteiger partial charge in [-0.05, 0) is 44.4 Å². The minimum absolute atomic E-state index is 0.522. The Bertz CT molecular complexity index is 580. The lowest BCUT2D eigenvalue weighted by Crippen LogP contribution is -2.28. The molecule has 1 unspecified atom stereocenters. The van der Waals surface area contributed by atoms with E-state index in [4.69, 9.17) is 4.98 Å². The molecule has 0 amide bonds. The second-order valence-corrected chi connectivity index (χ2v) is 5.70. The van der Waals surface area contributed by atoms with Crippen molar-refractivity contribution in [2.75, 3.05) is 18.0 Å². The molecule has 1 aliphatic heterocycles. The molecule has 2 aromatic rings. The number of benzene rings is 1. The SMILES string of the molecule is CC1(O)CCCN(c2ccc3ccccc3n2)CC1. The molecule has 1 saturated heterocycles. The lowest BCUT2D eigenvalue weighted by molar-refractivity contribution is 0.0481. The molecule has 1 aliphatic rings. The minimum atomic E-state index is -0.522. The van der Waals surface area contributed by atoms with Gasteiger partial charge in [0.15, 0.2) is 0 Å². The second-order valence-electron chi connectivity index (χ2n) is 5.70. The Morgan fingerprint density at radius 2 is 1.95 bits per heavy atom. The molecule has 0 bridgehead atoms. The van der Waals surface area contributed by atoms with Gasteiger partial charge in [0.05, 0.1) is 11.1 Å². The van der Waals surface area contributed by atoms with Crippen LogP contribution in [0.3, 0.4) is 0 Å². The largest absolute Gasteiger partial charge is 0.390 e. The van der Waals surface area contributed by atoms with Gasteiger partial charge in [0.1, 0.15) is 5.82 Å². The summed E-state index contributed by atoms with van der Waals surface area (Å²) < 4.78 is 0. The molecule has 0 saturated carbocycles. The average Bonchev–Trinajstić information content (AvgIpc) is 2.59. The van der Waals surface area contributed by atoms with E-state index in [1.54, 1.807) is 0 Å². The molecule has 3 nitrogen and oxygen atoms in total. The van der Waals surface area contributed by atoms with Crippen LogP contribution in [-0.2, 0) is 0 Å². The van der Waals surface area contributed by atoms with Crippen molar-refractivity contribution < 1.29 is 5.11 Å². The zero-order chi connectivity index (χ0) is 13.3. The zero-order valence-electron chi connectivity index (χ0n) is 11.3. The highest BCUT2D eigenvalue weighted by Crippen LogP contribution is 2.25. The van der Waals surface area contributed by atoms with Gasteiger partial charge in [-0.2, -0.15) is 0 Å². The first kappa shape index (κ1) is 12.4. The van der Waals surface area contributed by atoms with Crippen LogP contribution in [0.1, 0.15) is 26.2 Å². The summed E-state index contributed by atoms with van der Waals surface area (Å²) >= 11 is 0. The van der Waals surface area contributed by atoms with E-state index in [1.807, 2.05) is 25.1 Å². The van der Waals surface area contributed by atoms with E-state index >= 15 is 0 Å². The van der Waals surface area contributed by atoms with E-state index in [9.17, 15) is 5.11 Å². The van der Waals surface area contributed by atoms with Crippen molar-refractivity contribution in [1.82, 2.24) is 4.98 Å². The Morgan fingerprint density at radius 1 is 1.11 bits per heavy atom. The molecule has 0 spiro atoms. The van der Waals surface area contributed by atoms with Gasteiger partial charge in [-0.3, -0.25) is 0 Å². The summed E-state index contributed by atoms with van der Waals surface area (Å²) in [6.45, 7) is 3.78. The number of aliphatic hydroxyl groups is 1. The molecule has 100 valence electrons. The number of fused-ring (bicyclic) bond motifs is 1. The third-order valence-corrected chi connectivity index (χ3v) is 3.97. The summed E-state index contributed by atoms with van der Waals surface area (Å²) in [5.41, 5.74) is 0.516. The van der Waals surface area contributed by atoms with Crippen LogP contribution >= 0.6 is 0 Å². The number of aromatic nitrogens is 1. The van der Waals surface area contributed by atoms with Crippen LogP contribution in [0.25, 0.3) is 10.9 Å². The maximum Gasteiger partial charge on any atom is 0.129 e. The fraction of sp³-hybridized carbons (Fsp3) is 0.438. The fourth-order valence-corrected chi connectivity index (χ4v) is 2.72. The van der Waals surface area contributed by atoms with Crippen LogP contribution in [0.15, 0.2) is 36.4 Å². The van der Waals surface area contributed by atoms with Gasteiger partial charge in [0.2, 0.25) is 0 Å². The van der Waals surface area contributed by atoms with Gasteiger partial charge in [0, 0.05) is 18.5 Å². The molecular weight excluding hydrogens is 236 g/mol. The van der Waals surface area contributed by atoms with E-state index in [-0.39, 0.29) is 0 Å². The second kappa shape index (κ2) is 4.82. The highest BCUT2D eigenvalue weighted by Gasteiger charge is 2.25. The highest BCUT2D eigenvalue weighted by molar-refractivity contribution is 5.80. The third kappa shape index (κ3) is 2.71. The maximum absolute atomic E-state index is 10.1. The molecule has 1 fully saturated rings. The first-order valence-corrected chi connectivity index (χ1v) is 6.97. The predicted molar refractivity (Wildman–Crippen MR) is 78.4 cm³/mol. The van der Waals surface area contributed by atoms with Gasteiger partial charge in [0.25, 0.3) is 0 Å². The summed E-state index contributed by atoms with van der Waals surface area (Å²) in [4.78, 5) is 7.02. The number of anilines is 1. The van der Waals surface area contributed by atoms with Gasteiger partial charge in [-0.1, -0.05) is 18.2 Å². The van der Waals surface area contributed by atoms with Gasteiger partial charge >= 0.3 is 0 Å². The van der Waals surface area contributed by atoms with E-state index in [1.165, 1.54) is 5.39 Å². The standard InChI is InChI=1S/C16H20N2O/c1-16(19)9-4-11-18(12-10-16)15-8-7-13-5-2-3-6-14(13)17-15/h2-3,5-8,19H,4,9-12H2,1H3. The summed E-state index contributed by atoms with van der Waals surface area (Å²) in [6, 6.07) is 12.4. The van der Waals surface area contributed by atoms with Crippen molar-refractivity contribution in [2.24, 2.45) is 0 Å². The Labute approximate surface area is 113 Å². The highest BCUT2D eigenvalue weighted by atomic mass is 16.3. The Balaban J connectivity index is 1.87. The lowest BCUT2D eigenvalue weighted by atomic mass is 9.98. The minimum Gasteiger partial charge on any atom is -0.390 e. The zero-order valence-corrected chi connectivity index (χ0v) is 11.3. The molecule has 1 aromatic heterocycles. The van der Waals surface area contributed by atoms with Crippen molar-refractivity contribution in [2.45, 2.75) is 31.8 Å². The third-order valence-electron chi connectivity index (χ3n) is 3.97. The van der Waals surface area contributed by atoms with Crippen molar-refractivity contribution in [3.8, 4) is 0 Å². The normalized spacial score (nSPS) is 24.4. The molecule has 2 heterocycles. The summed E-state index contributed by atoms with van der Waals surface area (Å²) in [7, 11) is 0. The van der Waals surface area contributed by atoms with Crippen molar-refractivity contribution >= 4 is 16.7 Å². The number of hydrogen-bond donors (Lipinski definition) is 1.